The van der Waals surface area contributed by atoms with E-state index in [-0.39, 0.29) is 5.12 Å². The molecule has 1 nitrogen and oxygen atoms in total. The van der Waals surface area contributed by atoms with Gasteiger partial charge in [0.05, 0.1) is 0 Å². The summed E-state index contributed by atoms with van der Waals surface area (Å²) in [6, 6.07) is 9.79. The Balaban J connectivity index is 2.27. The summed E-state index contributed by atoms with van der Waals surface area (Å²) in [5, 5.41) is 1.24. The molecule has 0 aliphatic carbocycles. The lowest BCUT2D eigenvalue weighted by molar-refractivity contribution is -0.111. The summed E-state index contributed by atoms with van der Waals surface area (Å²) in [5.74, 6) is 0. The number of benzene rings is 1. The van der Waals surface area contributed by atoms with Gasteiger partial charge in [0.2, 0.25) is 0 Å². The Hall–Kier alpha value is -0.280. The quantitative estimate of drug-likeness (QED) is 0.460. The second-order valence-corrected chi connectivity index (χ2v) is 4.86. The molecule has 1 aromatic rings. The van der Waals surface area contributed by atoms with Crippen LogP contribution in [-0.2, 0) is 4.79 Å². The number of unbranched alkanes of at least 4 members (excludes halogenated alkanes) is 1. The molecule has 0 bridgehead atoms. The number of hydrogen-bond acceptors (Lipinski definition) is 2. The molecule has 3 heteroatoms. The van der Waals surface area contributed by atoms with Crippen molar-refractivity contribution in [1.29, 1.82) is 0 Å². The molecule has 0 saturated heterocycles. The highest BCUT2D eigenvalue weighted by Gasteiger charge is 2.03. The van der Waals surface area contributed by atoms with Crippen LogP contribution in [0.4, 0.5) is 0 Å². The molecule has 1 aromatic carbocycles. The van der Waals surface area contributed by atoms with Crippen molar-refractivity contribution < 1.29 is 4.79 Å². The van der Waals surface area contributed by atoms with Crippen LogP contribution in [0.2, 0.25) is 0 Å². The van der Waals surface area contributed by atoms with Crippen molar-refractivity contribution in [2.24, 2.45) is 0 Å². The van der Waals surface area contributed by atoms with Gasteiger partial charge in [0.15, 0.2) is 5.12 Å². The summed E-state index contributed by atoms with van der Waals surface area (Å²) in [6.45, 7) is 0. The minimum Gasteiger partial charge on any atom is -0.287 e. The third-order valence-electron chi connectivity index (χ3n) is 1.74. The lowest BCUT2D eigenvalue weighted by Crippen LogP contribution is -1.91. The molecule has 0 spiro atoms. The van der Waals surface area contributed by atoms with Crippen molar-refractivity contribution in [3.05, 3.63) is 30.3 Å². The lowest BCUT2D eigenvalue weighted by Gasteiger charge is -1.99. The van der Waals surface area contributed by atoms with Gasteiger partial charge in [0, 0.05) is 16.6 Å². The van der Waals surface area contributed by atoms with Gasteiger partial charge in [-0.2, -0.15) is 0 Å². The first-order valence-corrected chi connectivity index (χ1v) is 6.58. The van der Waals surface area contributed by atoms with Gasteiger partial charge in [-0.3, -0.25) is 4.79 Å². The first kappa shape index (κ1) is 11.8. The van der Waals surface area contributed by atoms with E-state index in [1.807, 2.05) is 30.3 Å². The van der Waals surface area contributed by atoms with Crippen molar-refractivity contribution in [2.75, 3.05) is 5.33 Å². The average Bonchev–Trinajstić information content (AvgIpc) is 2.20. The topological polar surface area (TPSA) is 17.1 Å². The molecule has 0 atom stereocenters. The minimum absolute atomic E-state index is 0.261. The Kier molecular flexibility index (Phi) is 5.96. The molecule has 1 rings (SSSR count). The van der Waals surface area contributed by atoms with E-state index in [0.29, 0.717) is 6.42 Å². The monoisotopic (exact) mass is 272 g/mol. The number of alkyl halides is 1. The number of thioether (sulfide) groups is 1. The highest BCUT2D eigenvalue weighted by Crippen LogP contribution is 2.20. The van der Waals surface area contributed by atoms with Crippen LogP contribution < -0.4 is 0 Å². The fraction of sp³-hybridized carbons (Fsp3) is 0.364. The fourth-order valence-electron chi connectivity index (χ4n) is 1.03. The molecule has 0 aliphatic heterocycles. The number of rotatable bonds is 5. The van der Waals surface area contributed by atoms with E-state index >= 15 is 0 Å². The van der Waals surface area contributed by atoms with Crippen LogP contribution in [0.15, 0.2) is 35.2 Å². The Morgan fingerprint density at radius 3 is 2.57 bits per heavy atom. The summed E-state index contributed by atoms with van der Waals surface area (Å²) in [6.07, 6.45) is 2.72. The van der Waals surface area contributed by atoms with Crippen LogP contribution in [-0.4, -0.2) is 10.4 Å². The molecule has 0 radical (unpaired) electrons. The van der Waals surface area contributed by atoms with Crippen LogP contribution in [0.3, 0.4) is 0 Å². The molecule has 0 fully saturated rings. The highest BCUT2D eigenvalue weighted by atomic mass is 79.9. The first-order chi connectivity index (χ1) is 6.83. The van der Waals surface area contributed by atoms with Crippen LogP contribution in [0.1, 0.15) is 19.3 Å². The molecule has 0 aromatic heterocycles. The maximum absolute atomic E-state index is 11.4. The van der Waals surface area contributed by atoms with E-state index in [1.165, 1.54) is 11.8 Å². The number of halogens is 1. The van der Waals surface area contributed by atoms with E-state index in [2.05, 4.69) is 15.9 Å². The molecular weight excluding hydrogens is 260 g/mol. The second-order valence-electron chi connectivity index (χ2n) is 2.93. The number of hydrogen-bond donors (Lipinski definition) is 0. The van der Waals surface area contributed by atoms with Gasteiger partial charge in [-0.1, -0.05) is 45.9 Å². The largest absolute Gasteiger partial charge is 0.287 e. The third-order valence-corrected chi connectivity index (χ3v) is 3.24. The standard InChI is InChI=1S/C11H13BrOS/c12-9-5-4-8-11(13)14-10-6-2-1-3-7-10/h1-3,6-7H,4-5,8-9H2. The Morgan fingerprint density at radius 1 is 1.21 bits per heavy atom. The van der Waals surface area contributed by atoms with Gasteiger partial charge in [-0.25, -0.2) is 0 Å². The average molecular weight is 273 g/mol. The molecule has 0 amide bonds. The summed E-state index contributed by atoms with van der Waals surface area (Å²) in [4.78, 5) is 12.5. The maximum atomic E-state index is 11.4. The van der Waals surface area contributed by atoms with E-state index < -0.39 is 0 Å². The smallest absolute Gasteiger partial charge is 0.193 e. The maximum Gasteiger partial charge on any atom is 0.193 e. The Labute approximate surface area is 97.4 Å². The molecular formula is C11H13BrOS. The first-order valence-electron chi connectivity index (χ1n) is 4.64. The number of carbonyl (C=O) groups is 1. The highest BCUT2D eigenvalue weighted by molar-refractivity contribution is 9.09. The summed E-state index contributed by atoms with van der Waals surface area (Å²) in [5.41, 5.74) is 0. The molecule has 0 heterocycles. The second kappa shape index (κ2) is 7.07. The molecule has 76 valence electrons. The van der Waals surface area contributed by atoms with Gasteiger partial charge in [-0.05, 0) is 25.0 Å². The zero-order chi connectivity index (χ0) is 10.2. The van der Waals surface area contributed by atoms with Gasteiger partial charge in [0.25, 0.3) is 0 Å². The molecule has 0 saturated carbocycles. The van der Waals surface area contributed by atoms with Crippen molar-refractivity contribution in [2.45, 2.75) is 24.2 Å². The summed E-state index contributed by atoms with van der Waals surface area (Å²) in [7, 11) is 0. The van der Waals surface area contributed by atoms with Crippen molar-refractivity contribution in [3.63, 3.8) is 0 Å². The van der Waals surface area contributed by atoms with Crippen LogP contribution in [0.5, 0.6) is 0 Å². The van der Waals surface area contributed by atoms with Crippen LogP contribution in [0.25, 0.3) is 0 Å². The van der Waals surface area contributed by atoms with Crippen molar-refractivity contribution in [3.8, 4) is 0 Å². The number of carbonyl (C=O) groups excluding carboxylic acids is 1. The van der Waals surface area contributed by atoms with Crippen molar-refractivity contribution >= 4 is 32.8 Å². The van der Waals surface area contributed by atoms with Gasteiger partial charge < -0.3 is 0 Å². The zero-order valence-electron chi connectivity index (χ0n) is 7.91. The summed E-state index contributed by atoms with van der Waals surface area (Å²) < 4.78 is 0. The zero-order valence-corrected chi connectivity index (χ0v) is 10.3. The van der Waals surface area contributed by atoms with Gasteiger partial charge >= 0.3 is 0 Å². The lowest BCUT2D eigenvalue weighted by atomic mass is 10.3. The van der Waals surface area contributed by atoms with E-state index in [1.54, 1.807) is 0 Å². The van der Waals surface area contributed by atoms with Crippen LogP contribution in [0, 0.1) is 0 Å². The van der Waals surface area contributed by atoms with Crippen LogP contribution >= 0.6 is 27.7 Å². The van der Waals surface area contributed by atoms with Gasteiger partial charge in [-0.15, -0.1) is 0 Å². The predicted molar refractivity (Wildman–Crippen MR) is 65.0 cm³/mol. The molecule has 0 unspecified atom stereocenters. The van der Waals surface area contributed by atoms with Gasteiger partial charge in [0.1, 0.15) is 0 Å². The Morgan fingerprint density at radius 2 is 1.93 bits per heavy atom. The van der Waals surface area contributed by atoms with Crippen molar-refractivity contribution in [1.82, 2.24) is 0 Å². The molecule has 0 N–H and O–H groups in total. The normalized spacial score (nSPS) is 10.1. The third kappa shape index (κ3) is 4.82. The van der Waals surface area contributed by atoms with E-state index in [0.717, 1.165) is 23.1 Å². The minimum atomic E-state index is 0.261. The summed E-state index contributed by atoms with van der Waals surface area (Å²) >= 11 is 4.69. The SMILES string of the molecule is O=C(CCCCBr)Sc1ccccc1. The predicted octanol–water partition coefficient (Wildman–Crippen LogP) is 3.87. The molecule has 14 heavy (non-hydrogen) atoms. The molecule has 0 aliphatic rings. The Bertz CT molecular complexity index is 274. The fourth-order valence-corrected chi connectivity index (χ4v) is 2.23. The van der Waals surface area contributed by atoms with E-state index in [9.17, 15) is 4.79 Å². The van der Waals surface area contributed by atoms with E-state index in [4.69, 9.17) is 0 Å².